The molecule has 1 aromatic rings. The first-order valence-corrected chi connectivity index (χ1v) is 8.36. The van der Waals surface area contributed by atoms with E-state index < -0.39 is 0 Å². The lowest BCUT2D eigenvalue weighted by atomic mass is 9.79. The molecule has 3 rings (SSSR count). The second-order valence-electron chi connectivity index (χ2n) is 5.33. The molecule has 3 heterocycles. The monoisotopic (exact) mass is 344 g/mol. The van der Waals surface area contributed by atoms with Crippen LogP contribution in [0.4, 0.5) is 0 Å². The number of ketones is 1. The molecule has 0 saturated carbocycles. The minimum Gasteiger partial charge on any atom is -0.381 e. The molecule has 2 aliphatic heterocycles. The minimum atomic E-state index is -0.106. The first-order valence-electron chi connectivity index (χ1n) is 6.68. The van der Waals surface area contributed by atoms with Gasteiger partial charge in [0.15, 0.2) is 5.78 Å². The molecule has 1 atom stereocenters. The summed E-state index contributed by atoms with van der Waals surface area (Å²) in [5.74, 6) is 0.391. The molecule has 2 saturated heterocycles. The Balaban J connectivity index is 1.72. The molecule has 0 aliphatic carbocycles. The number of halogens is 1. The summed E-state index contributed by atoms with van der Waals surface area (Å²) >= 11 is 4.94. The summed E-state index contributed by atoms with van der Waals surface area (Å²) in [4.78, 5) is 13.4. The number of hydrogen-bond acceptors (Lipinski definition) is 4. The number of rotatable bonds is 2. The van der Waals surface area contributed by atoms with E-state index in [4.69, 9.17) is 9.47 Å². The summed E-state index contributed by atoms with van der Waals surface area (Å²) in [5.41, 5.74) is -0.106. The third kappa shape index (κ3) is 2.94. The van der Waals surface area contributed by atoms with Gasteiger partial charge < -0.3 is 9.47 Å². The van der Waals surface area contributed by atoms with Crippen molar-refractivity contribution >= 4 is 33.0 Å². The van der Waals surface area contributed by atoms with E-state index in [9.17, 15) is 4.79 Å². The highest BCUT2D eigenvalue weighted by molar-refractivity contribution is 9.10. The predicted molar refractivity (Wildman–Crippen MR) is 77.8 cm³/mol. The average molecular weight is 345 g/mol. The van der Waals surface area contributed by atoms with E-state index in [1.165, 1.54) is 11.3 Å². The van der Waals surface area contributed by atoms with Gasteiger partial charge in [0.1, 0.15) is 0 Å². The van der Waals surface area contributed by atoms with Gasteiger partial charge in [0, 0.05) is 35.6 Å². The number of carbonyl (C=O) groups excluding carboxylic acids is 1. The third-order valence-electron chi connectivity index (χ3n) is 4.08. The van der Waals surface area contributed by atoms with Crippen LogP contribution in [0.5, 0.6) is 0 Å². The van der Waals surface area contributed by atoms with Crippen molar-refractivity contribution in [3.63, 3.8) is 0 Å². The van der Waals surface area contributed by atoms with Gasteiger partial charge in [-0.2, -0.15) is 0 Å². The molecule has 1 spiro atoms. The molecular weight excluding hydrogens is 328 g/mol. The summed E-state index contributed by atoms with van der Waals surface area (Å²) in [7, 11) is 0. The maximum atomic E-state index is 12.5. The molecule has 5 heteroatoms. The fourth-order valence-electron chi connectivity index (χ4n) is 2.99. The Bertz CT molecular complexity index is 460. The summed E-state index contributed by atoms with van der Waals surface area (Å²) in [6.07, 6.45) is 3.54. The summed E-state index contributed by atoms with van der Waals surface area (Å²) < 4.78 is 12.4. The summed E-state index contributed by atoms with van der Waals surface area (Å²) in [6.45, 7) is 2.21. The Morgan fingerprint density at radius 3 is 2.84 bits per heavy atom. The minimum absolute atomic E-state index is 0.106. The molecule has 2 fully saturated rings. The normalized spacial score (nSPS) is 26.5. The fraction of sp³-hybridized carbons (Fsp3) is 0.643. The molecule has 1 aromatic heterocycles. The Labute approximate surface area is 125 Å². The van der Waals surface area contributed by atoms with Crippen molar-refractivity contribution in [1.29, 1.82) is 0 Å². The molecule has 0 bridgehead atoms. The van der Waals surface area contributed by atoms with Gasteiger partial charge in [-0.3, -0.25) is 4.79 Å². The van der Waals surface area contributed by atoms with Gasteiger partial charge in [0.25, 0.3) is 0 Å². The molecule has 0 aromatic carbocycles. The molecule has 3 nitrogen and oxygen atoms in total. The topological polar surface area (TPSA) is 35.5 Å². The Hall–Kier alpha value is -0.230. The molecule has 0 N–H and O–H groups in total. The highest BCUT2D eigenvalue weighted by atomic mass is 79.9. The average Bonchev–Trinajstić information content (AvgIpc) is 2.85. The molecule has 0 radical (unpaired) electrons. The smallest absolute Gasteiger partial charge is 0.176 e. The van der Waals surface area contributed by atoms with Gasteiger partial charge in [-0.05, 0) is 47.7 Å². The van der Waals surface area contributed by atoms with Crippen LogP contribution in [-0.2, 0) is 9.47 Å². The lowest BCUT2D eigenvalue weighted by molar-refractivity contribution is -0.142. The van der Waals surface area contributed by atoms with Crippen LogP contribution in [-0.4, -0.2) is 31.2 Å². The van der Waals surface area contributed by atoms with E-state index in [2.05, 4.69) is 15.9 Å². The Morgan fingerprint density at radius 1 is 1.37 bits per heavy atom. The number of ether oxygens (including phenoxy) is 2. The Kier molecular flexibility index (Phi) is 4.08. The van der Waals surface area contributed by atoms with Gasteiger partial charge in [0.2, 0.25) is 0 Å². The van der Waals surface area contributed by atoms with Crippen molar-refractivity contribution < 1.29 is 14.3 Å². The van der Waals surface area contributed by atoms with Crippen LogP contribution in [0.1, 0.15) is 35.4 Å². The van der Waals surface area contributed by atoms with Crippen LogP contribution >= 0.6 is 27.3 Å². The predicted octanol–water partition coefficient (Wildman–Crippen LogP) is 3.67. The van der Waals surface area contributed by atoms with Crippen molar-refractivity contribution in [3.8, 4) is 0 Å². The van der Waals surface area contributed by atoms with Crippen molar-refractivity contribution in [2.24, 2.45) is 5.92 Å². The summed E-state index contributed by atoms with van der Waals surface area (Å²) in [6, 6.07) is 1.93. The molecule has 2 aliphatic rings. The van der Waals surface area contributed by atoms with Gasteiger partial charge >= 0.3 is 0 Å². The van der Waals surface area contributed by atoms with Gasteiger partial charge in [0.05, 0.1) is 10.5 Å². The molecule has 19 heavy (non-hydrogen) atoms. The van der Waals surface area contributed by atoms with Crippen LogP contribution in [0.25, 0.3) is 0 Å². The first-order chi connectivity index (χ1) is 9.19. The molecule has 1 unspecified atom stereocenters. The van der Waals surface area contributed by atoms with Crippen LogP contribution in [0, 0.1) is 5.92 Å². The lowest BCUT2D eigenvalue weighted by Crippen LogP contribution is -2.45. The van der Waals surface area contributed by atoms with Crippen LogP contribution in [0.3, 0.4) is 0 Å². The van der Waals surface area contributed by atoms with Gasteiger partial charge in [-0.25, -0.2) is 0 Å². The van der Waals surface area contributed by atoms with Crippen LogP contribution < -0.4 is 0 Å². The van der Waals surface area contributed by atoms with Crippen molar-refractivity contribution in [2.45, 2.75) is 31.3 Å². The van der Waals surface area contributed by atoms with E-state index in [1.54, 1.807) is 0 Å². The Morgan fingerprint density at radius 2 is 2.16 bits per heavy atom. The van der Waals surface area contributed by atoms with Crippen molar-refractivity contribution in [3.05, 3.63) is 20.8 Å². The molecular formula is C14H17BrO3S. The number of carbonyl (C=O) groups is 1. The quantitative estimate of drug-likeness (QED) is 0.768. The number of thiophene rings is 1. The first kappa shape index (κ1) is 13.7. The van der Waals surface area contributed by atoms with E-state index in [0.717, 1.165) is 48.2 Å². The van der Waals surface area contributed by atoms with E-state index in [1.807, 2.05) is 11.4 Å². The van der Waals surface area contributed by atoms with Gasteiger partial charge in [-0.1, -0.05) is 0 Å². The van der Waals surface area contributed by atoms with E-state index >= 15 is 0 Å². The van der Waals surface area contributed by atoms with Crippen molar-refractivity contribution in [1.82, 2.24) is 0 Å². The maximum Gasteiger partial charge on any atom is 0.176 e. The van der Waals surface area contributed by atoms with Crippen molar-refractivity contribution in [2.75, 3.05) is 19.8 Å². The molecule has 104 valence electrons. The summed E-state index contributed by atoms with van der Waals surface area (Å²) in [5, 5.41) is 1.97. The second-order valence-corrected chi connectivity index (χ2v) is 7.15. The third-order valence-corrected chi connectivity index (χ3v) is 5.78. The second kappa shape index (κ2) is 5.64. The van der Waals surface area contributed by atoms with E-state index in [0.29, 0.717) is 6.61 Å². The maximum absolute atomic E-state index is 12.5. The zero-order valence-corrected chi connectivity index (χ0v) is 13.1. The lowest BCUT2D eigenvalue weighted by Gasteiger charge is -2.42. The number of hydrogen-bond donors (Lipinski definition) is 0. The zero-order chi connectivity index (χ0) is 13.3. The van der Waals surface area contributed by atoms with Crippen LogP contribution in [0.2, 0.25) is 0 Å². The SMILES string of the molecule is O=C(c1cc(Br)cs1)C1CCOC2(CCOCC2)C1. The van der Waals surface area contributed by atoms with Gasteiger partial charge in [-0.15, -0.1) is 11.3 Å². The fourth-order valence-corrected chi connectivity index (χ4v) is 4.43. The largest absolute Gasteiger partial charge is 0.381 e. The highest BCUT2D eigenvalue weighted by Crippen LogP contribution is 2.38. The zero-order valence-electron chi connectivity index (χ0n) is 10.7. The number of Topliss-reactive ketones (excluding diaryl/α,β-unsaturated/α-hetero) is 1. The van der Waals surface area contributed by atoms with E-state index in [-0.39, 0.29) is 17.3 Å². The molecule has 0 amide bonds. The van der Waals surface area contributed by atoms with Crippen LogP contribution in [0.15, 0.2) is 15.9 Å². The highest BCUT2D eigenvalue weighted by Gasteiger charge is 2.41. The standard InChI is InChI=1S/C14H17BrO3S/c15-11-7-12(19-9-11)13(16)10-1-4-18-14(8-10)2-5-17-6-3-14/h7,9-10H,1-6,8H2.